The maximum atomic E-state index is 10.1. The van der Waals surface area contributed by atoms with Crippen molar-refractivity contribution in [3.05, 3.63) is 0 Å². The van der Waals surface area contributed by atoms with E-state index in [4.69, 9.17) is 23.2 Å². The summed E-state index contributed by atoms with van der Waals surface area (Å²) < 4.78 is 14.5. The molecule has 0 N–H and O–H groups in total. The summed E-state index contributed by atoms with van der Waals surface area (Å²) in [5.41, 5.74) is 0.0159. The van der Waals surface area contributed by atoms with Crippen LogP contribution in [0, 0.1) is 0 Å². The molecule has 0 heterocycles. The standard InChI is InChI=1S/C2H4Cl2O2P/c3-1-6-7(5)2-4/h1-2H2/q+1. The second-order valence-corrected chi connectivity index (χ2v) is 2.79. The van der Waals surface area contributed by atoms with Crippen LogP contribution >= 0.6 is 31.2 Å². The third-order valence-corrected chi connectivity index (χ3v) is 1.75. The first-order chi connectivity index (χ1) is 3.31. The van der Waals surface area contributed by atoms with Crippen LogP contribution in [-0.2, 0) is 9.09 Å². The van der Waals surface area contributed by atoms with Gasteiger partial charge >= 0.3 is 8.03 Å². The van der Waals surface area contributed by atoms with Gasteiger partial charge in [0.2, 0.25) is 0 Å². The summed E-state index contributed by atoms with van der Waals surface area (Å²) in [7, 11) is -1.69. The summed E-state index contributed by atoms with van der Waals surface area (Å²) >= 11 is 10.1. The summed E-state index contributed by atoms with van der Waals surface area (Å²) in [5.74, 6) is 0. The van der Waals surface area contributed by atoms with Crippen molar-refractivity contribution in [1.82, 2.24) is 0 Å². The van der Waals surface area contributed by atoms with Gasteiger partial charge in [-0.25, -0.2) is 0 Å². The van der Waals surface area contributed by atoms with E-state index in [0.717, 1.165) is 0 Å². The first kappa shape index (κ1) is 7.64. The Hall–Kier alpha value is 0.640. The van der Waals surface area contributed by atoms with Crippen LogP contribution in [0.5, 0.6) is 0 Å². The van der Waals surface area contributed by atoms with Crippen LogP contribution in [-0.4, -0.2) is 11.7 Å². The molecular weight excluding hydrogens is 158 g/mol. The maximum Gasteiger partial charge on any atom is 0.525 e. The average molecular weight is 162 g/mol. The van der Waals surface area contributed by atoms with Gasteiger partial charge in [-0.15, -0.1) is 4.52 Å². The zero-order valence-electron chi connectivity index (χ0n) is 3.43. The van der Waals surface area contributed by atoms with Gasteiger partial charge in [-0.1, -0.05) is 23.2 Å². The molecule has 1 unspecified atom stereocenters. The normalized spacial score (nSPS) is 11.4. The summed E-state index contributed by atoms with van der Waals surface area (Å²) in [6, 6.07) is -0.0536. The second kappa shape index (κ2) is 4.79. The largest absolute Gasteiger partial charge is 0.525 e. The van der Waals surface area contributed by atoms with Crippen LogP contribution in [0.2, 0.25) is 0 Å². The molecule has 0 aliphatic heterocycles. The molecular formula is C2H4Cl2O2P+. The lowest BCUT2D eigenvalue weighted by Crippen LogP contribution is -1.72. The van der Waals surface area contributed by atoms with Crippen molar-refractivity contribution >= 4 is 31.2 Å². The van der Waals surface area contributed by atoms with Gasteiger partial charge in [0.05, 0.1) is 0 Å². The first-order valence-electron chi connectivity index (χ1n) is 1.50. The van der Waals surface area contributed by atoms with Crippen molar-refractivity contribution < 1.29 is 9.09 Å². The van der Waals surface area contributed by atoms with Crippen molar-refractivity contribution in [2.75, 3.05) is 11.7 Å². The maximum absolute atomic E-state index is 10.1. The number of hydrogen-bond acceptors (Lipinski definition) is 2. The smallest absolute Gasteiger partial charge is 0.129 e. The highest BCUT2D eigenvalue weighted by Gasteiger charge is 2.11. The van der Waals surface area contributed by atoms with Crippen molar-refractivity contribution in [3.8, 4) is 0 Å². The van der Waals surface area contributed by atoms with E-state index in [-0.39, 0.29) is 11.7 Å². The van der Waals surface area contributed by atoms with E-state index in [2.05, 4.69) is 4.52 Å². The van der Waals surface area contributed by atoms with Crippen molar-refractivity contribution in [3.63, 3.8) is 0 Å². The number of alkyl halides is 2. The number of halogens is 2. The van der Waals surface area contributed by atoms with Crippen LogP contribution in [0.3, 0.4) is 0 Å². The highest BCUT2D eigenvalue weighted by atomic mass is 35.5. The molecule has 2 nitrogen and oxygen atoms in total. The van der Waals surface area contributed by atoms with Gasteiger partial charge in [-0.3, -0.25) is 0 Å². The van der Waals surface area contributed by atoms with E-state index in [9.17, 15) is 4.57 Å². The molecule has 7 heavy (non-hydrogen) atoms. The summed E-state index contributed by atoms with van der Waals surface area (Å²) in [6.45, 7) is 0. The molecule has 0 amide bonds. The fourth-order valence-corrected chi connectivity index (χ4v) is 0.800. The highest BCUT2D eigenvalue weighted by Crippen LogP contribution is 2.22. The third kappa shape index (κ3) is 4.49. The Kier molecular flexibility index (Phi) is 5.23. The molecule has 0 aromatic carbocycles. The molecule has 5 heteroatoms. The Morgan fingerprint density at radius 1 is 1.57 bits per heavy atom. The molecule has 0 aliphatic rings. The molecule has 0 aliphatic carbocycles. The van der Waals surface area contributed by atoms with Crippen LogP contribution in [0.25, 0.3) is 0 Å². The van der Waals surface area contributed by atoms with Crippen LogP contribution in [0.15, 0.2) is 0 Å². The molecule has 0 saturated carbocycles. The van der Waals surface area contributed by atoms with Gasteiger partial charge in [-0.05, 0) is 4.57 Å². The lowest BCUT2D eigenvalue weighted by atomic mass is 11.7. The SMILES string of the molecule is O=[P+](CCl)OCCl. The average Bonchev–Trinajstić information content (AvgIpc) is 1.68. The molecule has 0 radical (unpaired) electrons. The lowest BCUT2D eigenvalue weighted by Gasteiger charge is -1.72. The van der Waals surface area contributed by atoms with Crippen LogP contribution in [0.1, 0.15) is 0 Å². The van der Waals surface area contributed by atoms with Crippen molar-refractivity contribution in [2.24, 2.45) is 0 Å². The zero-order valence-corrected chi connectivity index (χ0v) is 5.84. The second-order valence-electron chi connectivity index (χ2n) is 0.690. The predicted octanol–water partition coefficient (Wildman–Crippen LogP) is 2.14. The fraction of sp³-hybridized carbons (Fsp3) is 1.00. The van der Waals surface area contributed by atoms with Gasteiger partial charge in [0.1, 0.15) is 0 Å². The van der Waals surface area contributed by atoms with E-state index in [1.807, 2.05) is 0 Å². The van der Waals surface area contributed by atoms with Crippen LogP contribution < -0.4 is 0 Å². The van der Waals surface area contributed by atoms with E-state index in [1.165, 1.54) is 0 Å². The molecule has 0 rings (SSSR count). The van der Waals surface area contributed by atoms with Gasteiger partial charge in [0.25, 0.3) is 5.62 Å². The van der Waals surface area contributed by atoms with Gasteiger partial charge in [0, 0.05) is 0 Å². The Bertz CT molecular complexity index is 66.7. The van der Waals surface area contributed by atoms with Gasteiger partial charge < -0.3 is 0 Å². The van der Waals surface area contributed by atoms with E-state index in [1.54, 1.807) is 0 Å². The molecule has 0 aromatic heterocycles. The summed E-state index contributed by atoms with van der Waals surface area (Å²) in [6.07, 6.45) is 0. The molecule has 0 bridgehead atoms. The zero-order chi connectivity index (χ0) is 5.70. The monoisotopic (exact) mass is 161 g/mol. The lowest BCUT2D eigenvalue weighted by molar-refractivity contribution is 0.396. The Morgan fingerprint density at radius 3 is 2.29 bits per heavy atom. The third-order valence-electron chi connectivity index (χ3n) is 0.290. The molecule has 0 spiro atoms. The molecule has 0 fully saturated rings. The van der Waals surface area contributed by atoms with E-state index in [0.29, 0.717) is 0 Å². The minimum absolute atomic E-state index is 0.0159. The summed E-state index contributed by atoms with van der Waals surface area (Å²) in [5, 5.41) is 0. The van der Waals surface area contributed by atoms with E-state index >= 15 is 0 Å². The Balaban J connectivity index is 3.00. The molecule has 0 aromatic rings. The van der Waals surface area contributed by atoms with Crippen molar-refractivity contribution in [1.29, 1.82) is 0 Å². The summed E-state index contributed by atoms with van der Waals surface area (Å²) in [4.78, 5) is 0. The quantitative estimate of drug-likeness (QED) is 0.469. The van der Waals surface area contributed by atoms with Gasteiger partial charge in [-0.2, -0.15) is 0 Å². The highest BCUT2D eigenvalue weighted by molar-refractivity contribution is 7.41. The minimum atomic E-state index is -1.69. The predicted molar refractivity (Wildman–Crippen MR) is 30.1 cm³/mol. The molecule has 0 saturated heterocycles. The minimum Gasteiger partial charge on any atom is -0.129 e. The Morgan fingerprint density at radius 2 is 2.14 bits per heavy atom. The Labute approximate surface area is 52.6 Å². The fourth-order valence-electron chi connectivity index (χ4n) is 0.0889. The molecule has 42 valence electrons. The molecule has 1 atom stereocenters. The van der Waals surface area contributed by atoms with Crippen molar-refractivity contribution in [2.45, 2.75) is 0 Å². The van der Waals surface area contributed by atoms with E-state index < -0.39 is 8.03 Å². The topological polar surface area (TPSA) is 26.3 Å². The van der Waals surface area contributed by atoms with Gasteiger partial charge in [0.15, 0.2) is 6.07 Å². The number of hydrogen-bond donors (Lipinski definition) is 0. The number of rotatable bonds is 3. The van der Waals surface area contributed by atoms with Crippen LogP contribution in [0.4, 0.5) is 0 Å². The first-order valence-corrected chi connectivity index (χ1v) is 3.94.